The Kier molecular flexibility index (Phi) is 13.1. The molecule has 1 aromatic heterocycles. The van der Waals surface area contributed by atoms with Crippen molar-refractivity contribution in [2.24, 2.45) is 0 Å². The second kappa shape index (κ2) is 17.3. The third-order valence-corrected chi connectivity index (χ3v) is 8.31. The van der Waals surface area contributed by atoms with Gasteiger partial charge in [0.05, 0.1) is 32.5 Å². The summed E-state index contributed by atoms with van der Waals surface area (Å²) in [4.78, 5) is 14.1. The summed E-state index contributed by atoms with van der Waals surface area (Å²) in [6.07, 6.45) is -16.3. The average molecular weight is 743 g/mol. The van der Waals surface area contributed by atoms with Gasteiger partial charge in [-0.25, -0.2) is 0 Å². The number of aromatic hydroxyl groups is 1. The monoisotopic (exact) mass is 742 g/mol. The molecule has 288 valence electrons. The maximum atomic E-state index is 14.1. The molecule has 2 saturated heterocycles. The largest absolute Gasteiger partial charge is 0.507 e. The van der Waals surface area contributed by atoms with Crippen LogP contribution < -0.4 is 24.4 Å². The van der Waals surface area contributed by atoms with E-state index in [2.05, 4.69) is 0 Å². The second-order valence-electron chi connectivity index (χ2n) is 11.9. The molecule has 0 unspecified atom stereocenters. The first-order valence-electron chi connectivity index (χ1n) is 16.3. The number of phenolic OH excluding ortho intramolecular Hbond substituents is 1. The topological polar surface area (TPSA) is 297 Å². The normalized spacial score (nSPS) is 29.2. The van der Waals surface area contributed by atoms with Crippen molar-refractivity contribution in [3.8, 4) is 40.1 Å². The molecule has 19 heteroatoms. The fourth-order valence-electron chi connectivity index (χ4n) is 5.60. The van der Waals surface area contributed by atoms with Gasteiger partial charge < -0.3 is 88.6 Å². The SMILES string of the molecule is C[C@@H]1O[C@@H](OC[C@H]2O[C@@H](Oc3c(-c4ccc(OCCO)c(OCCO)c4)oc4cc(OCCO)cc(O)c4c3=O)[C@H](O)[C@@H](O)[C@H]2O)[C@H](O)[C@H](O)[C@@H]1O. The molecule has 5 rings (SSSR count). The number of rotatable bonds is 15. The molecule has 0 spiro atoms. The van der Waals surface area contributed by atoms with E-state index in [0.717, 1.165) is 6.07 Å². The van der Waals surface area contributed by atoms with Crippen molar-refractivity contribution in [3.63, 3.8) is 0 Å². The van der Waals surface area contributed by atoms with Gasteiger partial charge in [-0.3, -0.25) is 4.79 Å². The number of aliphatic hydroxyl groups is 9. The summed E-state index contributed by atoms with van der Waals surface area (Å²) >= 11 is 0. The van der Waals surface area contributed by atoms with Crippen molar-refractivity contribution < 1.29 is 88.6 Å². The van der Waals surface area contributed by atoms with Gasteiger partial charge in [-0.2, -0.15) is 0 Å². The first kappa shape index (κ1) is 39.4. The van der Waals surface area contributed by atoms with E-state index in [1.165, 1.54) is 31.2 Å². The molecule has 2 fully saturated rings. The van der Waals surface area contributed by atoms with Gasteiger partial charge in [0.2, 0.25) is 17.5 Å². The zero-order valence-corrected chi connectivity index (χ0v) is 27.8. The third-order valence-electron chi connectivity index (χ3n) is 8.31. The van der Waals surface area contributed by atoms with Gasteiger partial charge in [0.25, 0.3) is 0 Å². The van der Waals surface area contributed by atoms with Gasteiger partial charge in [0.15, 0.2) is 23.5 Å². The lowest BCUT2D eigenvalue weighted by Gasteiger charge is -2.42. The number of ether oxygens (including phenoxy) is 7. The van der Waals surface area contributed by atoms with E-state index < -0.39 is 84.9 Å². The molecule has 2 aliphatic rings. The van der Waals surface area contributed by atoms with Crippen molar-refractivity contribution in [3.05, 3.63) is 40.6 Å². The second-order valence-corrected chi connectivity index (χ2v) is 11.9. The Hall–Kier alpha value is -3.83. The Bertz CT molecular complexity index is 1700. The van der Waals surface area contributed by atoms with Crippen LogP contribution in [0.1, 0.15) is 6.92 Å². The van der Waals surface area contributed by atoms with Gasteiger partial charge in [0, 0.05) is 17.7 Å². The Morgan fingerprint density at radius 2 is 1.35 bits per heavy atom. The van der Waals surface area contributed by atoms with Crippen molar-refractivity contribution in [1.29, 1.82) is 0 Å². The van der Waals surface area contributed by atoms with Crippen molar-refractivity contribution in [2.45, 2.75) is 68.3 Å². The minimum atomic E-state index is -1.98. The molecule has 0 radical (unpaired) electrons. The quantitative estimate of drug-likeness (QED) is 0.0758. The van der Waals surface area contributed by atoms with Crippen LogP contribution in [-0.4, -0.2) is 159 Å². The van der Waals surface area contributed by atoms with Crippen LogP contribution in [-0.2, 0) is 14.2 Å². The highest BCUT2D eigenvalue weighted by Crippen LogP contribution is 2.40. The minimum absolute atomic E-state index is 0.0380. The van der Waals surface area contributed by atoms with Gasteiger partial charge in [-0.1, -0.05) is 0 Å². The molecule has 0 saturated carbocycles. The van der Waals surface area contributed by atoms with Crippen LogP contribution in [0.15, 0.2) is 39.5 Å². The zero-order valence-electron chi connectivity index (χ0n) is 27.8. The molecule has 0 bridgehead atoms. The summed E-state index contributed by atoms with van der Waals surface area (Å²) in [6.45, 7) is -0.648. The average Bonchev–Trinajstić information content (AvgIpc) is 3.13. The van der Waals surface area contributed by atoms with Crippen LogP contribution in [0.25, 0.3) is 22.3 Å². The predicted octanol–water partition coefficient (Wildman–Crippen LogP) is -2.69. The maximum absolute atomic E-state index is 14.1. The fourth-order valence-corrected chi connectivity index (χ4v) is 5.60. The highest BCUT2D eigenvalue weighted by molar-refractivity contribution is 5.88. The Labute approximate surface area is 294 Å². The highest BCUT2D eigenvalue weighted by atomic mass is 16.7. The molecule has 10 atom stereocenters. The van der Waals surface area contributed by atoms with Gasteiger partial charge in [0.1, 0.15) is 85.0 Å². The van der Waals surface area contributed by atoms with E-state index in [1.54, 1.807) is 0 Å². The predicted molar refractivity (Wildman–Crippen MR) is 173 cm³/mol. The summed E-state index contributed by atoms with van der Waals surface area (Å²) < 4.78 is 45.1. The first-order valence-corrected chi connectivity index (χ1v) is 16.3. The number of hydrogen-bond acceptors (Lipinski definition) is 19. The molecular weight excluding hydrogens is 700 g/mol. The smallest absolute Gasteiger partial charge is 0.239 e. The molecule has 3 heterocycles. The van der Waals surface area contributed by atoms with Crippen LogP contribution in [0.2, 0.25) is 0 Å². The standard InChI is InChI=1S/C33H42O19/c1-14-23(38)26(41)28(43)32(49-14)48-13-21-24(39)27(42)29(44)33(51-21)52-31-25(40)22-17(37)11-16(45-7-4-34)12-20(22)50-30(31)15-2-3-18(46-8-5-35)19(10-15)47-9-6-36/h2-3,10-12,14,21,23-24,26-29,32-39,41-44H,4-9,13H2,1H3/t14-,21+,23+,24-,26+,27-,28+,29+,32+,33-/m0/s1. The minimum Gasteiger partial charge on any atom is -0.507 e. The van der Waals surface area contributed by atoms with E-state index >= 15 is 0 Å². The number of aliphatic hydroxyl groups excluding tert-OH is 9. The van der Waals surface area contributed by atoms with Gasteiger partial charge in [-0.05, 0) is 25.1 Å². The molecule has 0 amide bonds. The summed E-state index contributed by atoms with van der Waals surface area (Å²) in [5, 5.41) is 101. The van der Waals surface area contributed by atoms with Gasteiger partial charge >= 0.3 is 0 Å². The summed E-state index contributed by atoms with van der Waals surface area (Å²) in [6, 6.07) is 6.59. The summed E-state index contributed by atoms with van der Waals surface area (Å²) in [7, 11) is 0. The Morgan fingerprint density at radius 1 is 0.712 bits per heavy atom. The molecule has 10 N–H and O–H groups in total. The Balaban J connectivity index is 1.53. The van der Waals surface area contributed by atoms with Crippen molar-refractivity contribution in [1.82, 2.24) is 0 Å². The maximum Gasteiger partial charge on any atom is 0.239 e. The lowest BCUT2D eigenvalue weighted by Crippen LogP contribution is -2.61. The van der Waals surface area contributed by atoms with Crippen LogP contribution in [0.5, 0.6) is 28.7 Å². The van der Waals surface area contributed by atoms with E-state index in [-0.39, 0.29) is 79.2 Å². The fraction of sp³-hybridized carbons (Fsp3) is 0.545. The number of hydrogen-bond donors (Lipinski definition) is 10. The van der Waals surface area contributed by atoms with Crippen molar-refractivity contribution >= 4 is 11.0 Å². The first-order chi connectivity index (χ1) is 24.9. The molecule has 52 heavy (non-hydrogen) atoms. The van der Waals surface area contributed by atoms with E-state index in [1.807, 2.05) is 0 Å². The molecule has 2 aliphatic heterocycles. The zero-order chi connectivity index (χ0) is 37.7. The van der Waals surface area contributed by atoms with Crippen LogP contribution in [0, 0.1) is 0 Å². The summed E-state index contributed by atoms with van der Waals surface area (Å²) in [5.74, 6) is -1.31. The number of benzene rings is 2. The molecule has 2 aromatic carbocycles. The Morgan fingerprint density at radius 3 is 2.04 bits per heavy atom. The molecule has 3 aromatic rings. The molecular formula is C33H42O19. The van der Waals surface area contributed by atoms with E-state index in [9.17, 15) is 55.9 Å². The van der Waals surface area contributed by atoms with E-state index in [4.69, 9.17) is 37.6 Å². The lowest BCUT2D eigenvalue weighted by molar-refractivity contribution is -0.318. The number of fused-ring (bicyclic) bond motifs is 1. The molecule has 0 aliphatic carbocycles. The van der Waals surface area contributed by atoms with Crippen LogP contribution in [0.4, 0.5) is 0 Å². The van der Waals surface area contributed by atoms with Crippen LogP contribution in [0.3, 0.4) is 0 Å². The van der Waals surface area contributed by atoms with Gasteiger partial charge in [-0.15, -0.1) is 0 Å². The number of phenols is 1. The summed E-state index contributed by atoms with van der Waals surface area (Å²) in [5.41, 5.74) is -1.08. The third kappa shape index (κ3) is 8.36. The molecule has 19 nitrogen and oxygen atoms in total. The van der Waals surface area contributed by atoms with E-state index in [0.29, 0.717) is 0 Å². The highest BCUT2D eigenvalue weighted by Gasteiger charge is 2.48. The van der Waals surface area contributed by atoms with Crippen molar-refractivity contribution in [2.75, 3.05) is 46.2 Å². The van der Waals surface area contributed by atoms with Crippen LogP contribution >= 0.6 is 0 Å². The lowest BCUT2D eigenvalue weighted by atomic mass is 9.98.